The quantitative estimate of drug-likeness (QED) is 0.365. The van der Waals surface area contributed by atoms with Crippen molar-refractivity contribution >= 4 is 11.5 Å². The van der Waals surface area contributed by atoms with Gasteiger partial charge in [0.1, 0.15) is 17.4 Å². The molecule has 164 valence electrons. The Morgan fingerprint density at radius 1 is 1.00 bits per heavy atom. The van der Waals surface area contributed by atoms with Gasteiger partial charge in [0.25, 0.3) is 0 Å². The highest BCUT2D eigenvalue weighted by Gasteiger charge is 2.29. The van der Waals surface area contributed by atoms with Gasteiger partial charge in [-0.05, 0) is 47.9 Å². The minimum absolute atomic E-state index is 0.0436. The molecule has 4 heteroatoms. The number of phenols is 1. The van der Waals surface area contributed by atoms with Gasteiger partial charge in [-0.15, -0.1) is 0 Å². The molecule has 0 aliphatic rings. The molecule has 0 aliphatic heterocycles. The molecular weight excluding hydrogens is 386 g/mol. The van der Waals surface area contributed by atoms with Crippen LogP contribution in [0.3, 0.4) is 0 Å². The lowest BCUT2D eigenvalue weighted by molar-refractivity contribution is -0.137. The third kappa shape index (κ3) is 5.35. The third-order valence-corrected chi connectivity index (χ3v) is 5.16. The Hall–Kier alpha value is -3.06. The van der Waals surface area contributed by atoms with E-state index in [4.69, 9.17) is 4.74 Å². The van der Waals surface area contributed by atoms with E-state index in [1.807, 2.05) is 84.9 Å². The van der Waals surface area contributed by atoms with Crippen LogP contribution in [-0.2, 0) is 20.4 Å². The van der Waals surface area contributed by atoms with Gasteiger partial charge in [0.05, 0.1) is 6.61 Å². The second-order valence-corrected chi connectivity index (χ2v) is 9.87. The molecule has 0 heterocycles. The number of carbonyl (C=O) groups excluding carboxylic acids is 1. The normalized spacial score (nSPS) is 12.7. The van der Waals surface area contributed by atoms with E-state index in [1.165, 1.54) is 0 Å². The summed E-state index contributed by atoms with van der Waals surface area (Å²) >= 11 is 0. The molecule has 31 heavy (non-hydrogen) atoms. The summed E-state index contributed by atoms with van der Waals surface area (Å²) in [4.78, 5) is 12.7. The van der Waals surface area contributed by atoms with Crippen LogP contribution in [0.4, 0.5) is 0 Å². The lowest BCUT2D eigenvalue weighted by atomic mass is 9.77. The van der Waals surface area contributed by atoms with Crippen LogP contribution in [0, 0.1) is 18.3 Å². The SMILES string of the molecule is CCOC(=O)C(C#N)=C(c1cccc(C)c1)c1cc(C(C)(C)C)c(O)c(C(C)(C)C)c1. The van der Waals surface area contributed by atoms with Gasteiger partial charge < -0.3 is 9.84 Å². The average molecular weight is 420 g/mol. The summed E-state index contributed by atoms with van der Waals surface area (Å²) in [7, 11) is 0. The molecule has 0 spiro atoms. The fourth-order valence-electron chi connectivity index (χ4n) is 3.59. The van der Waals surface area contributed by atoms with Crippen LogP contribution in [0.15, 0.2) is 42.0 Å². The Labute approximate surface area is 186 Å². The summed E-state index contributed by atoms with van der Waals surface area (Å²) in [5.41, 5.74) is 3.81. The van der Waals surface area contributed by atoms with Crippen LogP contribution in [0.2, 0.25) is 0 Å². The number of ether oxygens (including phenoxy) is 1. The van der Waals surface area contributed by atoms with E-state index in [0.717, 1.165) is 22.3 Å². The molecule has 2 aromatic carbocycles. The van der Waals surface area contributed by atoms with Crippen molar-refractivity contribution in [2.24, 2.45) is 0 Å². The first kappa shape index (κ1) is 24.2. The Balaban J connectivity index is 3.03. The second kappa shape index (κ2) is 8.98. The molecule has 0 bridgehead atoms. The lowest BCUT2D eigenvalue weighted by Crippen LogP contribution is -2.18. The molecule has 0 radical (unpaired) electrons. The van der Waals surface area contributed by atoms with Gasteiger partial charge >= 0.3 is 5.97 Å². The van der Waals surface area contributed by atoms with Crippen molar-refractivity contribution in [1.29, 1.82) is 5.26 Å². The molecule has 0 saturated heterocycles. The van der Waals surface area contributed by atoms with E-state index in [9.17, 15) is 15.2 Å². The smallest absolute Gasteiger partial charge is 0.349 e. The van der Waals surface area contributed by atoms with Crippen LogP contribution in [0.25, 0.3) is 5.57 Å². The average Bonchev–Trinajstić information content (AvgIpc) is 2.64. The van der Waals surface area contributed by atoms with E-state index in [0.29, 0.717) is 11.1 Å². The molecule has 0 fully saturated rings. The van der Waals surface area contributed by atoms with Gasteiger partial charge in [0.15, 0.2) is 0 Å². The van der Waals surface area contributed by atoms with E-state index < -0.39 is 5.97 Å². The Morgan fingerprint density at radius 2 is 1.55 bits per heavy atom. The molecule has 0 aromatic heterocycles. The van der Waals surface area contributed by atoms with Crippen LogP contribution < -0.4 is 0 Å². The Bertz CT molecular complexity index is 1020. The van der Waals surface area contributed by atoms with Crippen LogP contribution in [0.1, 0.15) is 76.3 Å². The summed E-state index contributed by atoms with van der Waals surface area (Å²) in [5, 5.41) is 21.0. The maximum atomic E-state index is 12.7. The zero-order valence-corrected chi connectivity index (χ0v) is 19.9. The molecule has 0 aliphatic carbocycles. The molecule has 1 N–H and O–H groups in total. The monoisotopic (exact) mass is 419 g/mol. The molecule has 0 atom stereocenters. The number of hydrogen-bond donors (Lipinski definition) is 1. The van der Waals surface area contributed by atoms with Crippen LogP contribution in [-0.4, -0.2) is 17.7 Å². The molecule has 0 saturated carbocycles. The van der Waals surface area contributed by atoms with Crippen molar-refractivity contribution in [3.8, 4) is 11.8 Å². The predicted octanol–water partition coefficient (Wildman–Crippen LogP) is 6.18. The first-order valence-corrected chi connectivity index (χ1v) is 10.6. The van der Waals surface area contributed by atoms with Gasteiger partial charge in [0.2, 0.25) is 0 Å². The van der Waals surface area contributed by atoms with Gasteiger partial charge in [0, 0.05) is 16.7 Å². The lowest BCUT2D eigenvalue weighted by Gasteiger charge is -2.29. The number of nitrogens with zero attached hydrogens (tertiary/aromatic N) is 1. The molecule has 2 rings (SSSR count). The number of aryl methyl sites for hydroxylation is 1. The van der Waals surface area contributed by atoms with Crippen molar-refractivity contribution in [3.05, 3.63) is 69.8 Å². The highest BCUT2D eigenvalue weighted by molar-refractivity contribution is 6.05. The number of phenolic OH excluding ortho intramolecular Hbond substituents is 1. The summed E-state index contributed by atoms with van der Waals surface area (Å²) in [6, 6.07) is 13.6. The minimum atomic E-state index is -0.649. The second-order valence-electron chi connectivity index (χ2n) is 9.87. The summed E-state index contributed by atoms with van der Waals surface area (Å²) in [6.07, 6.45) is 0. The fraction of sp³-hybridized carbons (Fsp3) is 0.407. The third-order valence-electron chi connectivity index (χ3n) is 5.16. The first-order chi connectivity index (χ1) is 14.3. The molecule has 0 amide bonds. The van der Waals surface area contributed by atoms with Gasteiger partial charge in [-0.2, -0.15) is 5.26 Å². The number of nitriles is 1. The highest BCUT2D eigenvalue weighted by Crippen LogP contribution is 2.42. The number of aromatic hydroxyl groups is 1. The zero-order chi connectivity index (χ0) is 23.6. The zero-order valence-electron chi connectivity index (χ0n) is 19.9. The Morgan fingerprint density at radius 3 is 1.97 bits per heavy atom. The van der Waals surface area contributed by atoms with E-state index in [-0.39, 0.29) is 28.8 Å². The minimum Gasteiger partial charge on any atom is -0.507 e. The van der Waals surface area contributed by atoms with Crippen molar-refractivity contribution in [3.63, 3.8) is 0 Å². The fourth-order valence-corrected chi connectivity index (χ4v) is 3.59. The summed E-state index contributed by atoms with van der Waals surface area (Å²) in [5.74, 6) is -0.397. The van der Waals surface area contributed by atoms with Crippen molar-refractivity contribution in [2.45, 2.75) is 66.2 Å². The molecule has 4 nitrogen and oxygen atoms in total. The number of benzene rings is 2. The summed E-state index contributed by atoms with van der Waals surface area (Å²) < 4.78 is 5.20. The number of hydrogen-bond acceptors (Lipinski definition) is 4. The Kier molecular flexibility index (Phi) is 7.01. The number of carbonyl (C=O) groups is 1. The first-order valence-electron chi connectivity index (χ1n) is 10.6. The number of esters is 1. The van der Waals surface area contributed by atoms with Gasteiger partial charge in [-0.25, -0.2) is 4.79 Å². The predicted molar refractivity (Wildman–Crippen MR) is 125 cm³/mol. The topological polar surface area (TPSA) is 70.3 Å². The molecule has 2 aromatic rings. The van der Waals surface area contributed by atoms with E-state index >= 15 is 0 Å². The largest absolute Gasteiger partial charge is 0.507 e. The molecule has 0 unspecified atom stereocenters. The summed E-state index contributed by atoms with van der Waals surface area (Å²) in [6.45, 7) is 16.1. The van der Waals surface area contributed by atoms with Crippen LogP contribution in [0.5, 0.6) is 5.75 Å². The number of rotatable bonds is 4. The maximum absolute atomic E-state index is 12.7. The van der Waals surface area contributed by atoms with E-state index in [2.05, 4.69) is 6.07 Å². The van der Waals surface area contributed by atoms with Crippen molar-refractivity contribution < 1.29 is 14.6 Å². The maximum Gasteiger partial charge on any atom is 0.349 e. The van der Waals surface area contributed by atoms with Gasteiger partial charge in [-0.3, -0.25) is 0 Å². The van der Waals surface area contributed by atoms with E-state index in [1.54, 1.807) is 6.92 Å². The molecular formula is C27H33NO3. The van der Waals surface area contributed by atoms with Gasteiger partial charge in [-0.1, -0.05) is 71.4 Å². The highest BCUT2D eigenvalue weighted by atomic mass is 16.5. The van der Waals surface area contributed by atoms with Crippen molar-refractivity contribution in [2.75, 3.05) is 6.61 Å². The van der Waals surface area contributed by atoms with Crippen LogP contribution >= 0.6 is 0 Å². The van der Waals surface area contributed by atoms with Crippen molar-refractivity contribution in [1.82, 2.24) is 0 Å². The standard InChI is InChI=1S/C27H33NO3/c1-9-31-25(30)20(16-28)23(18-12-10-11-17(2)13-18)19-14-21(26(3,4)5)24(29)22(15-19)27(6,7)8/h10-15,29H,9H2,1-8H3.